The summed E-state index contributed by atoms with van der Waals surface area (Å²) in [5, 5.41) is 0.907. The summed E-state index contributed by atoms with van der Waals surface area (Å²) in [6, 6.07) is 3.86. The molecule has 19 heavy (non-hydrogen) atoms. The lowest BCUT2D eigenvalue weighted by Crippen LogP contribution is -2.30. The Balaban J connectivity index is 1.93. The van der Waals surface area contributed by atoms with Crippen molar-refractivity contribution in [3.8, 4) is 11.5 Å². The first-order valence-electron chi connectivity index (χ1n) is 6.04. The van der Waals surface area contributed by atoms with E-state index in [1.165, 1.54) is 5.56 Å². The molecule has 0 fully saturated rings. The molecule has 0 bridgehead atoms. The summed E-state index contributed by atoms with van der Waals surface area (Å²) < 4.78 is 13.9. The smallest absolute Gasteiger partial charge is 0.401 e. The molecule has 4 aromatic rings. The highest BCUT2D eigenvalue weighted by Crippen LogP contribution is 2.34. The van der Waals surface area contributed by atoms with Crippen LogP contribution in [0.1, 0.15) is 5.56 Å². The molecule has 0 amide bonds. The molecule has 5 heteroatoms. The van der Waals surface area contributed by atoms with Crippen LogP contribution in [0.25, 0.3) is 33.7 Å². The van der Waals surface area contributed by atoms with Crippen LogP contribution in [-0.2, 0) is 6.54 Å². The summed E-state index contributed by atoms with van der Waals surface area (Å²) >= 11 is 0. The van der Waals surface area contributed by atoms with Crippen LogP contribution in [-0.4, -0.2) is 9.97 Å². The maximum atomic E-state index is 5.98. The minimum atomic E-state index is 0.757. The molecule has 0 N–H and O–H groups in total. The summed E-state index contributed by atoms with van der Waals surface area (Å²) in [4.78, 5) is 8.28. The number of fused-ring (bicyclic) bond motifs is 7. The standard InChI is InChI=1S/C14H8N3O2/c1-3-15-5-9-8(1)7-17-13(9)19-12-10-6-16-4-2-11(10)18-14(12)17/h1-6H,7H2/q+1. The Bertz CT molecular complexity index is 952. The van der Waals surface area contributed by atoms with Crippen molar-refractivity contribution in [2.45, 2.75) is 6.54 Å². The highest BCUT2D eigenvalue weighted by atomic mass is 16.4. The van der Waals surface area contributed by atoms with Gasteiger partial charge in [0, 0.05) is 36.4 Å². The van der Waals surface area contributed by atoms with E-state index in [1.807, 2.05) is 22.9 Å². The van der Waals surface area contributed by atoms with E-state index in [0.29, 0.717) is 0 Å². The van der Waals surface area contributed by atoms with Gasteiger partial charge in [0.2, 0.25) is 0 Å². The molecule has 0 aliphatic carbocycles. The van der Waals surface area contributed by atoms with E-state index < -0.39 is 0 Å². The third kappa shape index (κ3) is 1.03. The first-order chi connectivity index (χ1) is 9.42. The van der Waals surface area contributed by atoms with Crippen molar-refractivity contribution in [3.63, 3.8) is 0 Å². The predicted molar refractivity (Wildman–Crippen MR) is 66.3 cm³/mol. The Morgan fingerprint density at radius 3 is 2.95 bits per heavy atom. The largest absolute Gasteiger partial charge is 0.422 e. The second kappa shape index (κ2) is 3.00. The lowest BCUT2D eigenvalue weighted by molar-refractivity contribution is -0.655. The minimum absolute atomic E-state index is 0.757. The molecule has 0 saturated carbocycles. The molecule has 0 atom stereocenters. The number of pyridine rings is 2. The third-order valence-electron chi connectivity index (χ3n) is 3.59. The van der Waals surface area contributed by atoms with Gasteiger partial charge in [0.1, 0.15) is 11.1 Å². The molecule has 4 aromatic heterocycles. The first kappa shape index (κ1) is 9.27. The van der Waals surface area contributed by atoms with Gasteiger partial charge in [-0.25, -0.2) is 0 Å². The van der Waals surface area contributed by atoms with E-state index in [1.54, 1.807) is 18.6 Å². The zero-order valence-corrected chi connectivity index (χ0v) is 9.83. The third-order valence-corrected chi connectivity index (χ3v) is 3.59. The fourth-order valence-corrected chi connectivity index (χ4v) is 2.70. The maximum absolute atomic E-state index is 5.98. The molecule has 0 spiro atoms. The van der Waals surface area contributed by atoms with Gasteiger partial charge < -0.3 is 8.83 Å². The lowest BCUT2D eigenvalue weighted by Gasteiger charge is -1.88. The van der Waals surface area contributed by atoms with Gasteiger partial charge in [-0.2, -0.15) is 0 Å². The zero-order valence-electron chi connectivity index (χ0n) is 9.83. The summed E-state index contributed by atoms with van der Waals surface area (Å²) in [5.41, 5.74) is 4.55. The normalized spacial score (nSPS) is 13.1. The Labute approximate surface area is 107 Å². The molecule has 5 nitrogen and oxygen atoms in total. The van der Waals surface area contributed by atoms with Gasteiger partial charge in [0.15, 0.2) is 6.54 Å². The summed E-state index contributed by atoms with van der Waals surface area (Å²) in [6.07, 6.45) is 7.11. The van der Waals surface area contributed by atoms with Crippen LogP contribution in [0.5, 0.6) is 0 Å². The van der Waals surface area contributed by atoms with Crippen molar-refractivity contribution in [1.29, 1.82) is 0 Å². The van der Waals surface area contributed by atoms with Gasteiger partial charge in [-0.15, -0.1) is 4.57 Å². The second-order valence-electron chi connectivity index (χ2n) is 4.63. The van der Waals surface area contributed by atoms with Crippen LogP contribution in [0, 0.1) is 0 Å². The number of hydrogen-bond acceptors (Lipinski definition) is 4. The van der Waals surface area contributed by atoms with Crippen molar-refractivity contribution in [3.05, 3.63) is 42.5 Å². The number of oxazole rings is 1. The van der Waals surface area contributed by atoms with Gasteiger partial charge in [-0.1, -0.05) is 0 Å². The lowest BCUT2D eigenvalue weighted by atomic mass is 10.2. The topological polar surface area (TPSA) is 55.9 Å². The van der Waals surface area contributed by atoms with E-state index in [-0.39, 0.29) is 0 Å². The van der Waals surface area contributed by atoms with Gasteiger partial charge in [0.25, 0.3) is 5.58 Å². The molecule has 90 valence electrons. The van der Waals surface area contributed by atoms with E-state index in [0.717, 1.165) is 40.3 Å². The monoisotopic (exact) mass is 250 g/mol. The molecular weight excluding hydrogens is 242 g/mol. The van der Waals surface area contributed by atoms with Crippen molar-refractivity contribution in [1.82, 2.24) is 9.97 Å². The van der Waals surface area contributed by atoms with Crippen LogP contribution in [0.3, 0.4) is 0 Å². The van der Waals surface area contributed by atoms with Gasteiger partial charge in [-0.3, -0.25) is 9.97 Å². The summed E-state index contributed by atoms with van der Waals surface area (Å²) in [7, 11) is 0. The quantitative estimate of drug-likeness (QED) is 0.396. The Morgan fingerprint density at radius 1 is 1.05 bits per heavy atom. The summed E-state index contributed by atoms with van der Waals surface area (Å²) in [6.45, 7) is 0.757. The molecule has 1 aliphatic rings. The number of hydrogen-bond donors (Lipinski definition) is 0. The van der Waals surface area contributed by atoms with E-state index in [4.69, 9.17) is 8.83 Å². The number of aromatic nitrogens is 3. The summed E-state index contributed by atoms with van der Waals surface area (Å²) in [5.74, 6) is 0.808. The molecule has 5 rings (SSSR count). The van der Waals surface area contributed by atoms with Crippen LogP contribution in [0.4, 0.5) is 0 Å². The Morgan fingerprint density at radius 2 is 1.95 bits per heavy atom. The number of rotatable bonds is 0. The zero-order chi connectivity index (χ0) is 12.4. The minimum Gasteiger partial charge on any atom is -0.401 e. The van der Waals surface area contributed by atoms with Crippen molar-refractivity contribution in [2.24, 2.45) is 0 Å². The molecule has 0 radical (unpaired) electrons. The van der Waals surface area contributed by atoms with Crippen LogP contribution < -0.4 is 4.57 Å². The molecule has 0 aromatic carbocycles. The van der Waals surface area contributed by atoms with Crippen molar-refractivity contribution >= 4 is 22.3 Å². The van der Waals surface area contributed by atoms with E-state index in [2.05, 4.69) is 9.97 Å². The van der Waals surface area contributed by atoms with Crippen molar-refractivity contribution < 1.29 is 13.4 Å². The molecular formula is C14H8N3O2+. The Hall–Kier alpha value is -2.69. The predicted octanol–water partition coefficient (Wildman–Crippen LogP) is 2.29. The Kier molecular flexibility index (Phi) is 1.46. The highest BCUT2D eigenvalue weighted by Gasteiger charge is 2.37. The van der Waals surface area contributed by atoms with E-state index >= 15 is 0 Å². The molecule has 0 unspecified atom stereocenters. The van der Waals surface area contributed by atoms with Gasteiger partial charge in [-0.05, 0) is 6.07 Å². The highest BCUT2D eigenvalue weighted by molar-refractivity contribution is 5.98. The van der Waals surface area contributed by atoms with E-state index in [9.17, 15) is 0 Å². The SMILES string of the molecule is c1cc2c(cn1)-c1oc3c4cnccc4oc3[n+]1C2. The average Bonchev–Trinajstić information content (AvgIpc) is 3.07. The van der Waals surface area contributed by atoms with Gasteiger partial charge in [0.05, 0.1) is 5.39 Å². The number of furan rings is 1. The second-order valence-corrected chi connectivity index (χ2v) is 4.63. The van der Waals surface area contributed by atoms with Crippen LogP contribution in [0.2, 0.25) is 0 Å². The molecule has 1 aliphatic heterocycles. The fraction of sp³-hybridized carbons (Fsp3) is 0.0714. The molecule has 0 saturated heterocycles. The van der Waals surface area contributed by atoms with Crippen LogP contribution in [0.15, 0.2) is 45.8 Å². The fourth-order valence-electron chi connectivity index (χ4n) is 2.70. The van der Waals surface area contributed by atoms with Crippen molar-refractivity contribution in [2.75, 3.05) is 0 Å². The average molecular weight is 250 g/mol. The van der Waals surface area contributed by atoms with Crippen LogP contribution >= 0.6 is 0 Å². The first-order valence-corrected chi connectivity index (χ1v) is 6.04. The molecule has 5 heterocycles. The maximum Gasteiger partial charge on any atom is 0.422 e. The van der Waals surface area contributed by atoms with Gasteiger partial charge >= 0.3 is 11.6 Å². The number of nitrogens with zero attached hydrogens (tertiary/aromatic N) is 3.